The van der Waals surface area contributed by atoms with Gasteiger partial charge in [0.05, 0.1) is 5.52 Å². The standard InChI is InChI=1S/C22H22F2N4O3/c1-2-16-21(29)27-18-10-12(9-15(23)19(18)25-16)11-28-7-5-13(6-8-28)14-3-4-17(22(30)31)26-20(14)24/h3-4,9-10,13H,2,5-8,11H2,1H3,(H,27,29)(H,30,31). The molecule has 0 spiro atoms. The molecule has 0 atom stereocenters. The summed E-state index contributed by atoms with van der Waals surface area (Å²) in [5.74, 6) is -2.52. The number of carboxylic acid groups (broad SMARTS) is 1. The van der Waals surface area contributed by atoms with Crippen LogP contribution in [-0.2, 0) is 13.0 Å². The van der Waals surface area contributed by atoms with Gasteiger partial charge >= 0.3 is 5.97 Å². The molecule has 2 N–H and O–H groups in total. The van der Waals surface area contributed by atoms with Gasteiger partial charge < -0.3 is 10.1 Å². The first-order valence-electron chi connectivity index (χ1n) is 10.2. The number of nitrogens with one attached hydrogen (secondary N) is 1. The number of aromatic nitrogens is 3. The molecule has 3 aromatic rings. The van der Waals surface area contributed by atoms with Crippen LogP contribution in [0.15, 0.2) is 29.1 Å². The van der Waals surface area contributed by atoms with Crippen molar-refractivity contribution in [2.45, 2.75) is 38.6 Å². The molecule has 0 amide bonds. The van der Waals surface area contributed by atoms with Crippen LogP contribution in [0.1, 0.15) is 53.0 Å². The van der Waals surface area contributed by atoms with E-state index in [-0.39, 0.29) is 22.7 Å². The minimum atomic E-state index is -1.26. The maximum Gasteiger partial charge on any atom is 0.354 e. The van der Waals surface area contributed by atoms with Gasteiger partial charge in [-0.15, -0.1) is 0 Å². The lowest BCUT2D eigenvalue weighted by Gasteiger charge is -2.32. The van der Waals surface area contributed by atoms with Crippen LogP contribution in [0.5, 0.6) is 0 Å². The quantitative estimate of drug-likeness (QED) is 0.606. The van der Waals surface area contributed by atoms with Crippen LogP contribution in [0.4, 0.5) is 8.78 Å². The van der Waals surface area contributed by atoms with Crippen molar-refractivity contribution in [3.05, 3.63) is 68.9 Å². The molecule has 0 radical (unpaired) electrons. The third kappa shape index (κ3) is 4.32. The number of aromatic carboxylic acids is 1. The van der Waals surface area contributed by atoms with Gasteiger partial charge in [0.2, 0.25) is 5.95 Å². The van der Waals surface area contributed by atoms with E-state index in [4.69, 9.17) is 5.11 Å². The molecule has 1 aliphatic rings. The summed E-state index contributed by atoms with van der Waals surface area (Å²) in [5.41, 5.74) is 1.37. The predicted molar refractivity (Wildman–Crippen MR) is 110 cm³/mol. The Bertz CT molecular complexity index is 1200. The summed E-state index contributed by atoms with van der Waals surface area (Å²) >= 11 is 0. The van der Waals surface area contributed by atoms with Crippen LogP contribution in [0.3, 0.4) is 0 Å². The average molecular weight is 428 g/mol. The fourth-order valence-corrected chi connectivity index (χ4v) is 4.10. The minimum Gasteiger partial charge on any atom is -0.477 e. The number of halogens is 2. The smallest absolute Gasteiger partial charge is 0.354 e. The van der Waals surface area contributed by atoms with Gasteiger partial charge in [-0.3, -0.25) is 9.69 Å². The number of pyridine rings is 1. The summed E-state index contributed by atoms with van der Waals surface area (Å²) in [4.78, 5) is 35.5. The number of aromatic amines is 1. The summed E-state index contributed by atoms with van der Waals surface area (Å²) in [6.45, 7) is 3.64. The highest BCUT2D eigenvalue weighted by Crippen LogP contribution is 2.30. The second-order valence-corrected chi connectivity index (χ2v) is 7.77. The Morgan fingerprint density at radius 3 is 2.61 bits per heavy atom. The van der Waals surface area contributed by atoms with E-state index >= 15 is 0 Å². The van der Waals surface area contributed by atoms with Crippen LogP contribution >= 0.6 is 0 Å². The molecule has 0 unspecified atom stereocenters. The monoisotopic (exact) mass is 428 g/mol. The molecular formula is C22H22F2N4O3. The number of carbonyl (C=O) groups is 1. The molecule has 0 aliphatic carbocycles. The molecule has 4 rings (SSSR count). The molecule has 1 fully saturated rings. The number of H-pyrrole nitrogens is 1. The molecule has 9 heteroatoms. The van der Waals surface area contributed by atoms with E-state index in [1.165, 1.54) is 18.2 Å². The topological polar surface area (TPSA) is 99.2 Å². The highest BCUT2D eigenvalue weighted by atomic mass is 19.1. The van der Waals surface area contributed by atoms with Crippen molar-refractivity contribution in [3.8, 4) is 0 Å². The molecule has 7 nitrogen and oxygen atoms in total. The van der Waals surface area contributed by atoms with Crippen LogP contribution in [0.25, 0.3) is 11.0 Å². The van der Waals surface area contributed by atoms with Gasteiger partial charge in [-0.1, -0.05) is 13.0 Å². The van der Waals surface area contributed by atoms with Gasteiger partial charge in [0.1, 0.15) is 11.2 Å². The van der Waals surface area contributed by atoms with Crippen molar-refractivity contribution in [2.75, 3.05) is 13.1 Å². The maximum atomic E-state index is 14.6. The first-order chi connectivity index (χ1) is 14.9. The first-order valence-corrected chi connectivity index (χ1v) is 10.2. The van der Waals surface area contributed by atoms with Gasteiger partial charge in [-0.05, 0) is 62.0 Å². The fourth-order valence-electron chi connectivity index (χ4n) is 4.10. The van der Waals surface area contributed by atoms with E-state index in [1.54, 1.807) is 13.0 Å². The molecule has 1 saturated heterocycles. The van der Waals surface area contributed by atoms with Gasteiger partial charge in [0, 0.05) is 12.1 Å². The lowest BCUT2D eigenvalue weighted by molar-refractivity contribution is 0.0689. The molecule has 0 bridgehead atoms. The van der Waals surface area contributed by atoms with Gasteiger partial charge in [0.15, 0.2) is 11.5 Å². The molecule has 2 aromatic heterocycles. The number of benzene rings is 1. The summed E-state index contributed by atoms with van der Waals surface area (Å²) in [7, 11) is 0. The Balaban J connectivity index is 1.46. The average Bonchev–Trinajstić information content (AvgIpc) is 2.74. The number of hydrogen-bond acceptors (Lipinski definition) is 5. The zero-order chi connectivity index (χ0) is 22.1. The molecule has 1 aliphatic heterocycles. The number of nitrogens with zero attached hydrogens (tertiary/aromatic N) is 3. The number of rotatable bonds is 5. The molecular weight excluding hydrogens is 406 g/mol. The van der Waals surface area contributed by atoms with Crippen molar-refractivity contribution in [2.24, 2.45) is 0 Å². The van der Waals surface area contributed by atoms with Crippen LogP contribution in [0, 0.1) is 11.8 Å². The van der Waals surface area contributed by atoms with E-state index in [9.17, 15) is 18.4 Å². The Hall–Kier alpha value is -3.20. The number of piperidine rings is 1. The van der Waals surface area contributed by atoms with Gasteiger partial charge in [0.25, 0.3) is 5.56 Å². The normalized spacial score (nSPS) is 15.5. The van der Waals surface area contributed by atoms with E-state index in [0.29, 0.717) is 55.7 Å². The number of fused-ring (bicyclic) bond motifs is 1. The zero-order valence-corrected chi connectivity index (χ0v) is 17.0. The minimum absolute atomic E-state index is 0.0482. The highest BCUT2D eigenvalue weighted by Gasteiger charge is 2.24. The van der Waals surface area contributed by atoms with Crippen molar-refractivity contribution >= 4 is 17.0 Å². The number of aryl methyl sites for hydroxylation is 1. The number of hydrogen-bond donors (Lipinski definition) is 2. The number of carboxylic acids is 1. The summed E-state index contributed by atoms with van der Waals surface area (Å²) in [6.07, 6.45) is 1.79. The molecule has 31 heavy (non-hydrogen) atoms. The third-order valence-electron chi connectivity index (χ3n) is 5.75. The lowest BCUT2D eigenvalue weighted by Crippen LogP contribution is -2.33. The van der Waals surface area contributed by atoms with Crippen LogP contribution < -0.4 is 5.56 Å². The van der Waals surface area contributed by atoms with E-state index in [2.05, 4.69) is 19.9 Å². The van der Waals surface area contributed by atoms with Crippen LogP contribution in [0.2, 0.25) is 0 Å². The van der Waals surface area contributed by atoms with Crippen molar-refractivity contribution in [3.63, 3.8) is 0 Å². The Labute approximate surface area is 176 Å². The maximum absolute atomic E-state index is 14.6. The van der Waals surface area contributed by atoms with Crippen LogP contribution in [-0.4, -0.2) is 44.0 Å². The highest BCUT2D eigenvalue weighted by molar-refractivity contribution is 5.85. The predicted octanol–water partition coefficient (Wildman–Crippen LogP) is 3.24. The van der Waals surface area contributed by atoms with Gasteiger partial charge in [-0.25, -0.2) is 19.2 Å². The van der Waals surface area contributed by atoms with Crippen molar-refractivity contribution in [1.82, 2.24) is 19.9 Å². The Kier molecular flexibility index (Phi) is 5.77. The molecule has 0 saturated carbocycles. The molecule has 1 aromatic carbocycles. The van der Waals surface area contributed by atoms with E-state index < -0.39 is 17.7 Å². The summed E-state index contributed by atoms with van der Waals surface area (Å²) < 4.78 is 28.8. The van der Waals surface area contributed by atoms with E-state index in [1.807, 2.05) is 0 Å². The number of likely N-dealkylation sites (tertiary alicyclic amines) is 1. The zero-order valence-electron chi connectivity index (χ0n) is 17.0. The second-order valence-electron chi connectivity index (χ2n) is 7.77. The largest absolute Gasteiger partial charge is 0.477 e. The summed E-state index contributed by atoms with van der Waals surface area (Å²) in [6, 6.07) is 6.00. The third-order valence-corrected chi connectivity index (χ3v) is 5.75. The van der Waals surface area contributed by atoms with Crippen molar-refractivity contribution in [1.29, 1.82) is 0 Å². The lowest BCUT2D eigenvalue weighted by atomic mass is 9.90. The van der Waals surface area contributed by atoms with Crippen molar-refractivity contribution < 1.29 is 18.7 Å². The fraction of sp³-hybridized carbons (Fsp3) is 0.364. The molecule has 3 heterocycles. The first kappa shape index (κ1) is 21.0. The summed E-state index contributed by atoms with van der Waals surface area (Å²) in [5, 5.41) is 8.93. The van der Waals surface area contributed by atoms with E-state index in [0.717, 1.165) is 5.56 Å². The Morgan fingerprint density at radius 2 is 1.97 bits per heavy atom. The molecule has 162 valence electrons. The van der Waals surface area contributed by atoms with Gasteiger partial charge in [-0.2, -0.15) is 4.39 Å². The SMILES string of the molecule is CCc1nc2c(F)cc(CN3CCC(c4ccc(C(=O)O)nc4F)CC3)cc2[nH]c1=O. The Morgan fingerprint density at radius 1 is 1.23 bits per heavy atom. The second kappa shape index (κ2) is 8.50.